The van der Waals surface area contributed by atoms with Crippen LogP contribution in [-0.4, -0.2) is 59.8 Å². The van der Waals surface area contributed by atoms with Crippen LogP contribution < -0.4 is 5.32 Å². The Labute approximate surface area is 117 Å². The summed E-state index contributed by atoms with van der Waals surface area (Å²) in [7, 11) is 0. The van der Waals surface area contributed by atoms with E-state index in [9.17, 15) is 5.11 Å². The molecule has 1 fully saturated rings. The maximum atomic E-state index is 10.0. The first kappa shape index (κ1) is 16.3. The zero-order valence-electron chi connectivity index (χ0n) is 12.2. The van der Waals surface area contributed by atoms with E-state index in [2.05, 4.69) is 30.3 Å². The minimum atomic E-state index is -0.245. The van der Waals surface area contributed by atoms with Crippen molar-refractivity contribution >= 4 is 11.8 Å². The van der Waals surface area contributed by atoms with E-state index < -0.39 is 0 Å². The highest BCUT2D eigenvalue weighted by Gasteiger charge is 2.32. The van der Waals surface area contributed by atoms with Gasteiger partial charge in [0.25, 0.3) is 0 Å². The molecular weight excluding hydrogens is 244 g/mol. The van der Waals surface area contributed by atoms with Crippen molar-refractivity contribution < 1.29 is 5.11 Å². The minimum Gasteiger partial charge on any atom is -0.390 e. The van der Waals surface area contributed by atoms with Gasteiger partial charge in [-0.15, -0.1) is 0 Å². The maximum absolute atomic E-state index is 10.0. The number of nitrogens with zero attached hydrogens (tertiary/aromatic N) is 1. The fourth-order valence-electron chi connectivity index (χ4n) is 2.78. The second-order valence-corrected chi connectivity index (χ2v) is 6.64. The smallest absolute Gasteiger partial charge is 0.0791 e. The lowest BCUT2D eigenvalue weighted by molar-refractivity contribution is 0.116. The van der Waals surface area contributed by atoms with Gasteiger partial charge in [0.1, 0.15) is 0 Å². The van der Waals surface area contributed by atoms with Crippen molar-refractivity contribution in [3.63, 3.8) is 0 Å². The summed E-state index contributed by atoms with van der Waals surface area (Å²) >= 11 is 2.00. The zero-order chi connectivity index (χ0) is 13.4. The third-order valence-electron chi connectivity index (χ3n) is 4.14. The number of nitrogens with one attached hydrogen (secondary N) is 1. The number of hydrogen-bond donors (Lipinski definition) is 2. The number of aliphatic hydroxyl groups excluding tert-OH is 1. The number of thioether (sulfide) groups is 1. The van der Waals surface area contributed by atoms with Crippen LogP contribution in [0, 0.1) is 0 Å². The van der Waals surface area contributed by atoms with Gasteiger partial charge in [0.05, 0.1) is 6.10 Å². The Balaban J connectivity index is 2.20. The zero-order valence-corrected chi connectivity index (χ0v) is 13.1. The molecule has 0 amide bonds. The second-order valence-electron chi connectivity index (χ2n) is 5.36. The average Bonchev–Trinajstić information content (AvgIpc) is 2.85. The molecule has 4 heteroatoms. The molecule has 2 N–H and O–H groups in total. The molecule has 1 rings (SSSR count). The van der Waals surface area contributed by atoms with Crippen LogP contribution in [0.2, 0.25) is 0 Å². The van der Waals surface area contributed by atoms with Crippen LogP contribution in [-0.2, 0) is 0 Å². The summed E-state index contributed by atoms with van der Waals surface area (Å²) in [5.41, 5.74) is 0. The van der Waals surface area contributed by atoms with Crippen molar-refractivity contribution in [2.24, 2.45) is 0 Å². The molecule has 0 saturated heterocycles. The molecule has 1 atom stereocenters. The van der Waals surface area contributed by atoms with Crippen molar-refractivity contribution in [3.05, 3.63) is 0 Å². The highest BCUT2D eigenvalue weighted by Crippen LogP contribution is 2.39. The predicted molar refractivity (Wildman–Crippen MR) is 81.4 cm³/mol. The SMILES string of the molecule is CCN(CC)CC(O)CNCC1(SC)CCCC1. The fourth-order valence-corrected chi connectivity index (χ4v) is 3.73. The van der Waals surface area contributed by atoms with Crippen molar-refractivity contribution in [1.29, 1.82) is 0 Å². The Morgan fingerprint density at radius 2 is 1.89 bits per heavy atom. The molecule has 1 aliphatic rings. The third-order valence-corrected chi connectivity index (χ3v) is 5.56. The van der Waals surface area contributed by atoms with E-state index in [4.69, 9.17) is 0 Å². The molecule has 18 heavy (non-hydrogen) atoms. The van der Waals surface area contributed by atoms with E-state index in [0.29, 0.717) is 4.75 Å². The van der Waals surface area contributed by atoms with Gasteiger partial charge in [0.15, 0.2) is 0 Å². The standard InChI is InChI=1S/C14H30N2OS/c1-4-16(5-2)11-13(17)10-15-12-14(18-3)8-6-7-9-14/h13,15,17H,4-12H2,1-3H3. The molecule has 108 valence electrons. The summed E-state index contributed by atoms with van der Waals surface area (Å²) in [6, 6.07) is 0. The van der Waals surface area contributed by atoms with Crippen molar-refractivity contribution in [3.8, 4) is 0 Å². The Bertz CT molecular complexity index is 216. The molecule has 1 aliphatic carbocycles. The van der Waals surface area contributed by atoms with Crippen LogP contribution in [0.15, 0.2) is 0 Å². The van der Waals surface area contributed by atoms with Gasteiger partial charge in [0.2, 0.25) is 0 Å². The van der Waals surface area contributed by atoms with Crippen LogP contribution in [0.5, 0.6) is 0 Å². The van der Waals surface area contributed by atoms with Gasteiger partial charge < -0.3 is 15.3 Å². The number of hydrogen-bond acceptors (Lipinski definition) is 4. The highest BCUT2D eigenvalue weighted by molar-refractivity contribution is 8.00. The van der Waals surface area contributed by atoms with Gasteiger partial charge in [-0.1, -0.05) is 26.7 Å². The molecule has 0 aromatic rings. The van der Waals surface area contributed by atoms with Crippen molar-refractivity contribution in [2.75, 3.05) is 39.0 Å². The first-order valence-corrected chi connectivity index (χ1v) is 8.54. The maximum Gasteiger partial charge on any atom is 0.0791 e. The van der Waals surface area contributed by atoms with E-state index in [1.165, 1.54) is 25.7 Å². The van der Waals surface area contributed by atoms with E-state index in [1.807, 2.05) is 11.8 Å². The first-order valence-electron chi connectivity index (χ1n) is 7.32. The second kappa shape index (κ2) is 8.41. The van der Waals surface area contributed by atoms with Gasteiger partial charge in [-0.25, -0.2) is 0 Å². The van der Waals surface area contributed by atoms with Gasteiger partial charge in [0, 0.05) is 24.4 Å². The van der Waals surface area contributed by atoms with Gasteiger partial charge in [-0.2, -0.15) is 11.8 Å². The Morgan fingerprint density at radius 1 is 1.28 bits per heavy atom. The summed E-state index contributed by atoms with van der Waals surface area (Å²) in [6.45, 7) is 8.87. The third kappa shape index (κ3) is 5.08. The van der Waals surface area contributed by atoms with Crippen LogP contribution >= 0.6 is 11.8 Å². The molecular formula is C14H30N2OS. The van der Waals surface area contributed by atoms with Crippen LogP contribution in [0.1, 0.15) is 39.5 Å². The molecule has 0 aromatic heterocycles. The summed E-state index contributed by atoms with van der Waals surface area (Å²) in [6.07, 6.45) is 7.36. The van der Waals surface area contributed by atoms with Crippen molar-refractivity contribution in [1.82, 2.24) is 10.2 Å². The Morgan fingerprint density at radius 3 is 2.39 bits per heavy atom. The highest BCUT2D eigenvalue weighted by atomic mass is 32.2. The normalized spacial score (nSPS) is 20.5. The van der Waals surface area contributed by atoms with Gasteiger partial charge in [-0.3, -0.25) is 0 Å². The predicted octanol–water partition coefficient (Wildman–Crippen LogP) is 1.95. The number of rotatable bonds is 9. The van der Waals surface area contributed by atoms with Crippen molar-refractivity contribution in [2.45, 2.75) is 50.4 Å². The molecule has 0 aliphatic heterocycles. The number of aliphatic hydroxyl groups is 1. The summed E-state index contributed by atoms with van der Waals surface area (Å²) < 4.78 is 0.439. The van der Waals surface area contributed by atoms with Crippen LogP contribution in [0.4, 0.5) is 0 Å². The van der Waals surface area contributed by atoms with Gasteiger partial charge in [-0.05, 0) is 32.2 Å². The molecule has 0 bridgehead atoms. The lowest BCUT2D eigenvalue weighted by Gasteiger charge is -2.28. The summed E-state index contributed by atoms with van der Waals surface area (Å²) in [5, 5.41) is 13.5. The topological polar surface area (TPSA) is 35.5 Å². The lowest BCUT2D eigenvalue weighted by Crippen LogP contribution is -2.42. The molecule has 3 nitrogen and oxygen atoms in total. The largest absolute Gasteiger partial charge is 0.390 e. The average molecular weight is 274 g/mol. The monoisotopic (exact) mass is 274 g/mol. The molecule has 0 spiro atoms. The van der Waals surface area contributed by atoms with Gasteiger partial charge >= 0.3 is 0 Å². The minimum absolute atomic E-state index is 0.245. The first-order chi connectivity index (χ1) is 8.65. The van der Waals surface area contributed by atoms with E-state index in [-0.39, 0.29) is 6.10 Å². The Hall–Kier alpha value is 0.230. The number of likely N-dealkylation sites (N-methyl/N-ethyl adjacent to an activating group) is 1. The quantitative estimate of drug-likeness (QED) is 0.674. The summed E-state index contributed by atoms with van der Waals surface area (Å²) in [5.74, 6) is 0. The molecule has 1 unspecified atom stereocenters. The van der Waals surface area contributed by atoms with Crippen LogP contribution in [0.3, 0.4) is 0 Å². The molecule has 0 radical (unpaired) electrons. The molecule has 0 heterocycles. The Kier molecular flexibility index (Phi) is 7.61. The lowest BCUT2D eigenvalue weighted by atomic mass is 10.1. The molecule has 0 aromatic carbocycles. The van der Waals surface area contributed by atoms with E-state index in [0.717, 1.165) is 32.7 Å². The fraction of sp³-hybridized carbons (Fsp3) is 1.00. The van der Waals surface area contributed by atoms with Crippen LogP contribution in [0.25, 0.3) is 0 Å². The molecule has 1 saturated carbocycles. The van der Waals surface area contributed by atoms with E-state index >= 15 is 0 Å². The summed E-state index contributed by atoms with van der Waals surface area (Å²) in [4.78, 5) is 2.27. The van der Waals surface area contributed by atoms with E-state index in [1.54, 1.807) is 0 Å².